The predicted octanol–water partition coefficient (Wildman–Crippen LogP) is 2.44. The van der Waals surface area contributed by atoms with Gasteiger partial charge in [0.2, 0.25) is 0 Å². The van der Waals surface area contributed by atoms with Crippen molar-refractivity contribution in [1.29, 1.82) is 0 Å². The summed E-state index contributed by atoms with van der Waals surface area (Å²) >= 11 is 0. The first kappa shape index (κ1) is 16.6. The molecule has 0 radical (unpaired) electrons. The SMILES string of the molecule is CCOC(=O)CCCOc1cc(C)cc([N+](=O)[O-])c1C=O. The van der Waals surface area contributed by atoms with Crippen molar-refractivity contribution in [2.75, 3.05) is 13.2 Å². The van der Waals surface area contributed by atoms with Gasteiger partial charge in [0, 0.05) is 12.5 Å². The van der Waals surface area contributed by atoms with Gasteiger partial charge in [-0.25, -0.2) is 0 Å². The summed E-state index contributed by atoms with van der Waals surface area (Å²) in [5.74, 6) is -0.174. The van der Waals surface area contributed by atoms with Crippen LogP contribution >= 0.6 is 0 Å². The van der Waals surface area contributed by atoms with Gasteiger partial charge in [0.05, 0.1) is 18.1 Å². The Morgan fingerprint density at radius 3 is 2.71 bits per heavy atom. The number of nitro groups is 1. The van der Waals surface area contributed by atoms with Gasteiger partial charge >= 0.3 is 5.97 Å². The van der Waals surface area contributed by atoms with Crippen molar-refractivity contribution >= 4 is 17.9 Å². The molecule has 0 amide bonds. The first-order chi connectivity index (χ1) is 9.99. The highest BCUT2D eigenvalue weighted by Crippen LogP contribution is 2.28. The number of hydrogen-bond acceptors (Lipinski definition) is 6. The van der Waals surface area contributed by atoms with Crippen molar-refractivity contribution in [2.45, 2.75) is 26.7 Å². The van der Waals surface area contributed by atoms with Crippen molar-refractivity contribution in [3.05, 3.63) is 33.4 Å². The molecule has 0 aliphatic heterocycles. The summed E-state index contributed by atoms with van der Waals surface area (Å²) in [6.07, 6.45) is 0.995. The maximum Gasteiger partial charge on any atom is 0.305 e. The Hall–Kier alpha value is -2.44. The van der Waals surface area contributed by atoms with Crippen LogP contribution in [0.2, 0.25) is 0 Å². The lowest BCUT2D eigenvalue weighted by molar-refractivity contribution is -0.385. The molecule has 0 atom stereocenters. The van der Waals surface area contributed by atoms with E-state index in [1.165, 1.54) is 6.07 Å². The molecule has 21 heavy (non-hydrogen) atoms. The van der Waals surface area contributed by atoms with Gasteiger partial charge < -0.3 is 9.47 Å². The summed E-state index contributed by atoms with van der Waals surface area (Å²) in [5, 5.41) is 10.9. The number of rotatable bonds is 8. The quantitative estimate of drug-likeness (QED) is 0.240. The normalized spacial score (nSPS) is 10.0. The second-order valence-corrected chi connectivity index (χ2v) is 4.33. The van der Waals surface area contributed by atoms with Crippen LogP contribution in [0.5, 0.6) is 5.75 Å². The van der Waals surface area contributed by atoms with Crippen LogP contribution in [0.4, 0.5) is 5.69 Å². The van der Waals surface area contributed by atoms with E-state index in [0.717, 1.165) is 0 Å². The van der Waals surface area contributed by atoms with Gasteiger partial charge in [-0.3, -0.25) is 19.7 Å². The summed E-state index contributed by atoms with van der Waals surface area (Å²) in [5.41, 5.74) is 0.236. The van der Waals surface area contributed by atoms with Crippen LogP contribution in [0, 0.1) is 17.0 Å². The van der Waals surface area contributed by atoms with Crippen molar-refractivity contribution in [1.82, 2.24) is 0 Å². The molecule has 1 rings (SSSR count). The van der Waals surface area contributed by atoms with Gasteiger partial charge in [0.1, 0.15) is 11.3 Å². The molecule has 0 aliphatic carbocycles. The highest BCUT2D eigenvalue weighted by atomic mass is 16.6. The predicted molar refractivity (Wildman–Crippen MR) is 74.6 cm³/mol. The monoisotopic (exact) mass is 295 g/mol. The van der Waals surface area contributed by atoms with E-state index in [0.29, 0.717) is 24.9 Å². The first-order valence-corrected chi connectivity index (χ1v) is 6.52. The first-order valence-electron chi connectivity index (χ1n) is 6.52. The molecule has 7 heteroatoms. The molecule has 0 aromatic heterocycles. The molecule has 0 unspecified atom stereocenters. The van der Waals surface area contributed by atoms with Crippen LogP contribution in [0.25, 0.3) is 0 Å². The van der Waals surface area contributed by atoms with E-state index in [1.54, 1.807) is 19.9 Å². The number of ether oxygens (including phenoxy) is 2. The molecule has 0 saturated heterocycles. The fraction of sp³-hybridized carbons (Fsp3) is 0.429. The molecule has 1 aromatic rings. The Balaban J connectivity index is 2.72. The smallest absolute Gasteiger partial charge is 0.305 e. The number of nitrogens with zero attached hydrogens (tertiary/aromatic N) is 1. The number of benzene rings is 1. The van der Waals surface area contributed by atoms with Gasteiger partial charge in [0.15, 0.2) is 6.29 Å². The van der Waals surface area contributed by atoms with Crippen LogP contribution < -0.4 is 4.74 Å². The fourth-order valence-corrected chi connectivity index (χ4v) is 1.77. The van der Waals surface area contributed by atoms with Crippen LogP contribution in [0.3, 0.4) is 0 Å². The minimum atomic E-state index is -0.623. The van der Waals surface area contributed by atoms with E-state index in [-0.39, 0.29) is 36.0 Å². The average molecular weight is 295 g/mol. The Kier molecular flexibility index (Phi) is 6.32. The third-order valence-corrected chi connectivity index (χ3v) is 2.67. The molecular weight excluding hydrogens is 278 g/mol. The Labute approximate surface area is 122 Å². The highest BCUT2D eigenvalue weighted by molar-refractivity contribution is 5.86. The van der Waals surface area contributed by atoms with Crippen LogP contribution in [-0.2, 0) is 9.53 Å². The van der Waals surface area contributed by atoms with Crippen molar-refractivity contribution < 1.29 is 24.0 Å². The van der Waals surface area contributed by atoms with E-state index < -0.39 is 4.92 Å². The van der Waals surface area contributed by atoms with Gasteiger partial charge in [-0.05, 0) is 31.9 Å². The summed E-state index contributed by atoms with van der Waals surface area (Å²) in [4.78, 5) is 32.5. The summed E-state index contributed by atoms with van der Waals surface area (Å²) < 4.78 is 10.2. The average Bonchev–Trinajstić information content (AvgIpc) is 2.43. The van der Waals surface area contributed by atoms with Crippen molar-refractivity contribution in [3.8, 4) is 5.75 Å². The van der Waals surface area contributed by atoms with Crippen LogP contribution in [0.15, 0.2) is 12.1 Å². The summed E-state index contributed by atoms with van der Waals surface area (Å²) in [7, 11) is 0. The Morgan fingerprint density at radius 1 is 1.43 bits per heavy atom. The van der Waals surface area contributed by atoms with E-state index in [1.807, 2.05) is 0 Å². The van der Waals surface area contributed by atoms with Gasteiger partial charge in [0.25, 0.3) is 5.69 Å². The lowest BCUT2D eigenvalue weighted by Crippen LogP contribution is -2.08. The van der Waals surface area contributed by atoms with Gasteiger partial charge in [-0.1, -0.05) is 0 Å². The van der Waals surface area contributed by atoms with Gasteiger partial charge in [-0.15, -0.1) is 0 Å². The molecule has 0 aliphatic rings. The second-order valence-electron chi connectivity index (χ2n) is 4.33. The van der Waals surface area contributed by atoms with Crippen LogP contribution in [0.1, 0.15) is 35.7 Å². The number of hydrogen-bond donors (Lipinski definition) is 0. The van der Waals surface area contributed by atoms with E-state index in [2.05, 4.69) is 0 Å². The molecular formula is C14H17NO6. The second kappa shape index (κ2) is 7.98. The third-order valence-electron chi connectivity index (χ3n) is 2.67. The Bertz CT molecular complexity index is 541. The Morgan fingerprint density at radius 2 is 2.14 bits per heavy atom. The number of carbonyl (C=O) groups is 2. The molecule has 114 valence electrons. The minimum Gasteiger partial charge on any atom is -0.493 e. The molecule has 0 spiro atoms. The molecule has 0 bridgehead atoms. The number of aryl methyl sites for hydroxylation is 1. The van der Waals surface area contributed by atoms with E-state index >= 15 is 0 Å². The number of carbonyl (C=O) groups excluding carboxylic acids is 2. The summed E-state index contributed by atoms with van der Waals surface area (Å²) in [6, 6.07) is 2.87. The maximum absolute atomic E-state index is 11.2. The molecule has 0 saturated carbocycles. The lowest BCUT2D eigenvalue weighted by atomic mass is 10.1. The maximum atomic E-state index is 11.2. The highest BCUT2D eigenvalue weighted by Gasteiger charge is 2.19. The molecule has 0 N–H and O–H groups in total. The number of esters is 1. The van der Waals surface area contributed by atoms with E-state index in [4.69, 9.17) is 9.47 Å². The largest absolute Gasteiger partial charge is 0.493 e. The standard InChI is InChI=1S/C14H17NO6/c1-3-20-14(17)5-4-6-21-13-8-10(2)7-12(15(18)19)11(13)9-16/h7-9H,3-6H2,1-2H3. The number of nitro benzene ring substituents is 1. The lowest BCUT2D eigenvalue weighted by Gasteiger charge is -2.09. The van der Waals surface area contributed by atoms with Gasteiger partial charge in [-0.2, -0.15) is 0 Å². The zero-order valence-corrected chi connectivity index (χ0v) is 12.0. The van der Waals surface area contributed by atoms with Crippen LogP contribution in [-0.4, -0.2) is 30.4 Å². The van der Waals surface area contributed by atoms with E-state index in [9.17, 15) is 19.7 Å². The molecule has 7 nitrogen and oxygen atoms in total. The zero-order chi connectivity index (χ0) is 15.8. The third kappa shape index (κ3) is 4.87. The molecule has 0 heterocycles. The molecule has 1 aromatic carbocycles. The molecule has 0 fully saturated rings. The zero-order valence-electron chi connectivity index (χ0n) is 12.0. The van der Waals surface area contributed by atoms with Crippen molar-refractivity contribution in [2.24, 2.45) is 0 Å². The topological polar surface area (TPSA) is 95.7 Å². The van der Waals surface area contributed by atoms with Crippen molar-refractivity contribution in [3.63, 3.8) is 0 Å². The fourth-order valence-electron chi connectivity index (χ4n) is 1.77. The number of aldehydes is 1. The summed E-state index contributed by atoms with van der Waals surface area (Å²) in [6.45, 7) is 3.88. The minimum absolute atomic E-state index is 0.0956.